The van der Waals surface area contributed by atoms with Gasteiger partial charge in [0.05, 0.1) is 12.6 Å². The van der Waals surface area contributed by atoms with E-state index in [-0.39, 0.29) is 36.4 Å². The van der Waals surface area contributed by atoms with Crippen molar-refractivity contribution >= 4 is 35.8 Å². The van der Waals surface area contributed by atoms with E-state index >= 15 is 0 Å². The number of nitrogens with one attached hydrogen (secondary N) is 3. The van der Waals surface area contributed by atoms with Crippen molar-refractivity contribution in [3.8, 4) is 0 Å². The van der Waals surface area contributed by atoms with Gasteiger partial charge in [-0.05, 0) is 37.9 Å². The third-order valence-electron chi connectivity index (χ3n) is 4.44. The van der Waals surface area contributed by atoms with Gasteiger partial charge in [-0.15, -0.1) is 24.0 Å². The van der Waals surface area contributed by atoms with Crippen LogP contribution in [0, 0.1) is 0 Å². The Morgan fingerprint density at radius 2 is 1.85 bits per heavy atom. The van der Waals surface area contributed by atoms with Gasteiger partial charge in [-0.2, -0.15) is 0 Å². The highest BCUT2D eigenvalue weighted by Gasteiger charge is 2.23. The smallest absolute Gasteiger partial charge is 0.239 e. The zero-order chi connectivity index (χ0) is 17.9. The number of hydrogen-bond acceptors (Lipinski definition) is 3. The fraction of sp³-hybridized carbons (Fsp3) is 0.579. The summed E-state index contributed by atoms with van der Waals surface area (Å²) in [5, 5.41) is 9.31. The second-order valence-corrected chi connectivity index (χ2v) is 6.33. The van der Waals surface area contributed by atoms with E-state index in [1.165, 1.54) is 18.4 Å². The minimum atomic E-state index is -0.0102. The number of rotatable bonds is 8. The molecule has 1 amide bonds. The third-order valence-corrected chi connectivity index (χ3v) is 4.44. The average Bonchev–Trinajstić information content (AvgIpc) is 3.18. The van der Waals surface area contributed by atoms with E-state index in [0.717, 1.165) is 26.1 Å². The summed E-state index contributed by atoms with van der Waals surface area (Å²) in [5.41, 5.74) is 1.31. The first-order valence-electron chi connectivity index (χ1n) is 9.24. The Kier molecular flexibility index (Phi) is 11.3. The maximum atomic E-state index is 11.7. The van der Waals surface area contributed by atoms with Crippen LogP contribution in [0.2, 0.25) is 0 Å². The minimum Gasteiger partial charge on any atom is -0.355 e. The van der Waals surface area contributed by atoms with Gasteiger partial charge in [0.2, 0.25) is 5.91 Å². The molecular weight excluding hydrogens is 441 g/mol. The van der Waals surface area contributed by atoms with Crippen LogP contribution in [-0.4, -0.2) is 56.5 Å². The highest BCUT2D eigenvalue weighted by atomic mass is 127. The molecule has 3 N–H and O–H groups in total. The zero-order valence-electron chi connectivity index (χ0n) is 15.8. The Balaban J connectivity index is 0.00000338. The van der Waals surface area contributed by atoms with Crippen LogP contribution in [0.3, 0.4) is 0 Å². The molecule has 0 aliphatic carbocycles. The highest BCUT2D eigenvalue weighted by molar-refractivity contribution is 14.0. The lowest BCUT2D eigenvalue weighted by molar-refractivity contribution is -0.120. The molecule has 1 saturated heterocycles. The molecule has 1 aliphatic rings. The van der Waals surface area contributed by atoms with Gasteiger partial charge in [0.25, 0.3) is 0 Å². The molecule has 0 saturated carbocycles. The lowest BCUT2D eigenvalue weighted by Gasteiger charge is -2.28. The molecule has 0 aromatic heterocycles. The first-order valence-corrected chi connectivity index (χ1v) is 9.24. The van der Waals surface area contributed by atoms with Crippen LogP contribution < -0.4 is 16.0 Å². The van der Waals surface area contributed by atoms with Crippen LogP contribution in [0.15, 0.2) is 35.3 Å². The Hall–Kier alpha value is -1.35. The van der Waals surface area contributed by atoms with Gasteiger partial charge < -0.3 is 16.0 Å². The number of likely N-dealkylation sites (tertiary alicyclic amines) is 1. The number of carbonyl (C=O) groups is 1. The number of carbonyl (C=O) groups excluding carboxylic acids is 1. The number of aliphatic imine (C=N–C) groups is 1. The van der Waals surface area contributed by atoms with Gasteiger partial charge >= 0.3 is 0 Å². The molecule has 26 heavy (non-hydrogen) atoms. The van der Waals surface area contributed by atoms with E-state index < -0.39 is 0 Å². The van der Waals surface area contributed by atoms with Crippen LogP contribution in [0.25, 0.3) is 0 Å². The predicted molar refractivity (Wildman–Crippen MR) is 118 cm³/mol. The normalized spacial score (nSPS) is 15.8. The van der Waals surface area contributed by atoms with Crippen LogP contribution in [-0.2, 0) is 4.79 Å². The van der Waals surface area contributed by atoms with E-state index in [9.17, 15) is 4.79 Å². The Bertz CT molecular complexity index is 546. The molecule has 0 bridgehead atoms. The van der Waals surface area contributed by atoms with Crippen LogP contribution in [0.4, 0.5) is 0 Å². The molecule has 0 spiro atoms. The van der Waals surface area contributed by atoms with Gasteiger partial charge in [-0.25, -0.2) is 0 Å². The van der Waals surface area contributed by atoms with Crippen molar-refractivity contribution in [2.24, 2.45) is 4.99 Å². The van der Waals surface area contributed by atoms with E-state index in [1.54, 1.807) is 7.05 Å². The molecular formula is C19H32IN5O. The summed E-state index contributed by atoms with van der Waals surface area (Å²) in [6.07, 6.45) is 3.45. The quantitative estimate of drug-likeness (QED) is 0.308. The molecule has 0 radical (unpaired) electrons. The molecule has 1 atom stereocenters. The van der Waals surface area contributed by atoms with Crippen molar-refractivity contribution in [3.63, 3.8) is 0 Å². The van der Waals surface area contributed by atoms with Gasteiger partial charge in [0.1, 0.15) is 0 Å². The van der Waals surface area contributed by atoms with Crippen LogP contribution >= 0.6 is 24.0 Å². The fourth-order valence-corrected chi connectivity index (χ4v) is 3.09. The molecule has 2 rings (SSSR count). The van der Waals surface area contributed by atoms with Crippen molar-refractivity contribution in [3.05, 3.63) is 35.9 Å². The Labute approximate surface area is 174 Å². The number of benzene rings is 1. The summed E-state index contributed by atoms with van der Waals surface area (Å²) >= 11 is 0. The summed E-state index contributed by atoms with van der Waals surface area (Å²) in [6, 6.07) is 10.9. The number of hydrogen-bond donors (Lipinski definition) is 3. The van der Waals surface area contributed by atoms with Crippen LogP contribution in [0.1, 0.15) is 37.8 Å². The molecule has 1 aromatic carbocycles. The van der Waals surface area contributed by atoms with Gasteiger partial charge in [-0.3, -0.25) is 14.7 Å². The average molecular weight is 473 g/mol. The van der Waals surface area contributed by atoms with Gasteiger partial charge in [0.15, 0.2) is 5.96 Å². The predicted octanol–water partition coefficient (Wildman–Crippen LogP) is 2.13. The molecule has 7 heteroatoms. The number of guanidine groups is 1. The minimum absolute atomic E-state index is 0. The second kappa shape index (κ2) is 12.9. The maximum Gasteiger partial charge on any atom is 0.239 e. The summed E-state index contributed by atoms with van der Waals surface area (Å²) in [5.74, 6) is 0.649. The summed E-state index contributed by atoms with van der Waals surface area (Å²) < 4.78 is 0. The molecule has 1 fully saturated rings. The van der Waals surface area contributed by atoms with Crippen molar-refractivity contribution in [2.45, 2.75) is 32.2 Å². The first kappa shape index (κ1) is 22.7. The SMILES string of the molecule is CCCNC(=O)CNC(=NC)NCC(c1ccccc1)N1CCCC1.I. The summed E-state index contributed by atoms with van der Waals surface area (Å²) in [6.45, 7) is 6.01. The summed E-state index contributed by atoms with van der Waals surface area (Å²) in [7, 11) is 1.73. The molecule has 1 unspecified atom stereocenters. The van der Waals surface area contributed by atoms with Crippen LogP contribution in [0.5, 0.6) is 0 Å². The van der Waals surface area contributed by atoms with E-state index in [0.29, 0.717) is 18.5 Å². The van der Waals surface area contributed by atoms with Crippen molar-refractivity contribution < 1.29 is 4.79 Å². The number of nitrogens with zero attached hydrogens (tertiary/aromatic N) is 2. The molecule has 1 aromatic rings. The van der Waals surface area contributed by atoms with E-state index in [1.807, 2.05) is 13.0 Å². The largest absolute Gasteiger partial charge is 0.355 e. The number of amides is 1. The zero-order valence-corrected chi connectivity index (χ0v) is 18.2. The van der Waals surface area contributed by atoms with Crippen molar-refractivity contribution in [2.75, 3.05) is 39.8 Å². The third kappa shape index (κ3) is 7.49. The second-order valence-electron chi connectivity index (χ2n) is 6.33. The van der Waals surface area contributed by atoms with Gasteiger partial charge in [0, 0.05) is 20.1 Å². The standard InChI is InChI=1S/C19H31N5O.HI/c1-3-11-21-18(25)15-23-19(20-2)22-14-17(24-12-7-8-13-24)16-9-5-4-6-10-16;/h4-6,9-10,17H,3,7-8,11-15H2,1-2H3,(H,21,25)(H2,20,22,23);1H. The number of halogens is 1. The van der Waals surface area contributed by atoms with E-state index in [4.69, 9.17) is 0 Å². The summed E-state index contributed by atoms with van der Waals surface area (Å²) in [4.78, 5) is 18.5. The van der Waals surface area contributed by atoms with Gasteiger partial charge in [-0.1, -0.05) is 37.3 Å². The topological polar surface area (TPSA) is 68.8 Å². The Morgan fingerprint density at radius 3 is 2.46 bits per heavy atom. The van der Waals surface area contributed by atoms with E-state index in [2.05, 4.69) is 50.1 Å². The van der Waals surface area contributed by atoms with Crippen molar-refractivity contribution in [1.29, 1.82) is 0 Å². The van der Waals surface area contributed by atoms with Crippen molar-refractivity contribution in [1.82, 2.24) is 20.9 Å². The fourth-order valence-electron chi connectivity index (χ4n) is 3.09. The Morgan fingerprint density at radius 1 is 1.15 bits per heavy atom. The molecule has 1 aliphatic heterocycles. The molecule has 146 valence electrons. The monoisotopic (exact) mass is 473 g/mol. The first-order chi connectivity index (χ1) is 12.2. The molecule has 1 heterocycles. The lowest BCUT2D eigenvalue weighted by Crippen LogP contribution is -2.46. The maximum absolute atomic E-state index is 11.7. The lowest BCUT2D eigenvalue weighted by atomic mass is 10.1. The molecule has 6 nitrogen and oxygen atoms in total. The highest BCUT2D eigenvalue weighted by Crippen LogP contribution is 2.24.